The third kappa shape index (κ3) is 1.72. The van der Waals surface area contributed by atoms with E-state index in [1.165, 1.54) is 6.20 Å². The third-order valence-corrected chi connectivity index (χ3v) is 1.88. The second-order valence-corrected chi connectivity index (χ2v) is 2.77. The van der Waals surface area contributed by atoms with Crippen molar-refractivity contribution in [3.05, 3.63) is 18.6 Å². The first-order chi connectivity index (χ1) is 6.92. The Morgan fingerprint density at radius 1 is 1.57 bits per heavy atom. The second kappa shape index (κ2) is 4.15. The fourth-order valence-electron chi connectivity index (χ4n) is 1.22. The SMILES string of the molecule is CCOCCn1ncc2nc[c]nc21. The summed E-state index contributed by atoms with van der Waals surface area (Å²) in [5.41, 5.74) is 1.55. The van der Waals surface area contributed by atoms with Crippen molar-refractivity contribution < 1.29 is 4.74 Å². The van der Waals surface area contributed by atoms with E-state index in [4.69, 9.17) is 4.74 Å². The molecule has 0 amide bonds. The molecule has 1 radical (unpaired) electrons. The molecule has 0 aliphatic rings. The minimum Gasteiger partial charge on any atom is -0.380 e. The van der Waals surface area contributed by atoms with Crippen LogP contribution in [0.1, 0.15) is 6.92 Å². The van der Waals surface area contributed by atoms with Crippen LogP contribution in [0.5, 0.6) is 0 Å². The standard InChI is InChI=1S/C9H11N4O/c1-2-14-6-5-13-9-8(7-12-13)10-3-4-11-9/h3,7H,2,5-6H2,1H3. The molecule has 2 aromatic heterocycles. The number of nitrogens with zero attached hydrogens (tertiary/aromatic N) is 4. The molecular weight excluding hydrogens is 180 g/mol. The molecule has 0 aliphatic carbocycles. The Balaban J connectivity index is 2.17. The predicted molar refractivity (Wildman–Crippen MR) is 50.7 cm³/mol. The summed E-state index contributed by atoms with van der Waals surface area (Å²) in [5, 5.41) is 4.16. The molecule has 73 valence electrons. The largest absolute Gasteiger partial charge is 0.380 e. The summed E-state index contributed by atoms with van der Waals surface area (Å²) in [5.74, 6) is 0. The van der Waals surface area contributed by atoms with E-state index in [0.717, 1.165) is 17.8 Å². The monoisotopic (exact) mass is 191 g/mol. The number of aromatic nitrogens is 4. The number of ether oxygens (including phenoxy) is 1. The Bertz CT molecular complexity index is 412. The molecule has 0 fully saturated rings. The van der Waals surface area contributed by atoms with E-state index < -0.39 is 0 Å². The highest BCUT2D eigenvalue weighted by atomic mass is 16.5. The van der Waals surface area contributed by atoms with Gasteiger partial charge in [-0.15, -0.1) is 0 Å². The first kappa shape index (κ1) is 9.08. The van der Waals surface area contributed by atoms with Crippen LogP contribution in [-0.2, 0) is 11.3 Å². The zero-order chi connectivity index (χ0) is 9.80. The lowest BCUT2D eigenvalue weighted by atomic mass is 10.5. The van der Waals surface area contributed by atoms with Gasteiger partial charge < -0.3 is 4.74 Å². The molecule has 2 heterocycles. The lowest BCUT2D eigenvalue weighted by Gasteiger charge is -2.01. The second-order valence-electron chi connectivity index (χ2n) is 2.77. The minimum atomic E-state index is 0.643. The number of hydrogen-bond acceptors (Lipinski definition) is 4. The summed E-state index contributed by atoms with van der Waals surface area (Å²) >= 11 is 0. The Labute approximate surface area is 81.7 Å². The maximum Gasteiger partial charge on any atom is 0.177 e. The van der Waals surface area contributed by atoms with Crippen molar-refractivity contribution in [2.75, 3.05) is 13.2 Å². The van der Waals surface area contributed by atoms with E-state index in [-0.39, 0.29) is 0 Å². The van der Waals surface area contributed by atoms with Crippen LogP contribution < -0.4 is 0 Å². The summed E-state index contributed by atoms with van der Waals surface area (Å²) in [4.78, 5) is 8.17. The molecule has 0 aliphatic heterocycles. The highest BCUT2D eigenvalue weighted by Gasteiger charge is 2.02. The fraction of sp³-hybridized carbons (Fsp3) is 0.444. The van der Waals surface area contributed by atoms with Gasteiger partial charge >= 0.3 is 0 Å². The number of rotatable bonds is 4. The van der Waals surface area contributed by atoms with Gasteiger partial charge in [0.05, 0.1) is 25.5 Å². The van der Waals surface area contributed by atoms with Crippen LogP contribution >= 0.6 is 0 Å². The molecular formula is C9H11N4O. The van der Waals surface area contributed by atoms with Gasteiger partial charge in [-0.1, -0.05) is 0 Å². The van der Waals surface area contributed by atoms with Crippen molar-refractivity contribution in [1.29, 1.82) is 0 Å². The lowest BCUT2D eigenvalue weighted by Crippen LogP contribution is -2.07. The Morgan fingerprint density at radius 3 is 3.36 bits per heavy atom. The van der Waals surface area contributed by atoms with E-state index >= 15 is 0 Å². The average Bonchev–Trinajstić information content (AvgIpc) is 2.63. The zero-order valence-electron chi connectivity index (χ0n) is 7.97. The third-order valence-electron chi connectivity index (χ3n) is 1.88. The summed E-state index contributed by atoms with van der Waals surface area (Å²) in [7, 11) is 0. The maximum atomic E-state index is 5.24. The van der Waals surface area contributed by atoms with Gasteiger partial charge in [-0.3, -0.25) is 0 Å². The smallest absolute Gasteiger partial charge is 0.177 e. The summed E-state index contributed by atoms with van der Waals surface area (Å²) in [6, 6.07) is 0. The normalized spacial score (nSPS) is 10.9. The van der Waals surface area contributed by atoms with Crippen LogP contribution in [0.25, 0.3) is 11.2 Å². The van der Waals surface area contributed by atoms with Crippen molar-refractivity contribution >= 4 is 11.2 Å². The Kier molecular flexibility index (Phi) is 2.69. The predicted octanol–water partition coefficient (Wildman–Crippen LogP) is 0.663. The Hall–Kier alpha value is -1.49. The maximum absolute atomic E-state index is 5.24. The van der Waals surface area contributed by atoms with Crippen LogP contribution in [0.4, 0.5) is 0 Å². The van der Waals surface area contributed by atoms with E-state index in [9.17, 15) is 0 Å². The van der Waals surface area contributed by atoms with Crippen molar-refractivity contribution in [3.8, 4) is 0 Å². The zero-order valence-corrected chi connectivity index (χ0v) is 7.97. The van der Waals surface area contributed by atoms with E-state index in [1.54, 1.807) is 10.9 Å². The van der Waals surface area contributed by atoms with Crippen LogP contribution in [-0.4, -0.2) is 33.0 Å². The highest BCUT2D eigenvalue weighted by molar-refractivity contribution is 5.68. The first-order valence-electron chi connectivity index (χ1n) is 4.54. The van der Waals surface area contributed by atoms with Crippen LogP contribution in [0.2, 0.25) is 0 Å². The summed E-state index contributed by atoms with van der Waals surface area (Å²) in [6.07, 6.45) is 5.92. The molecule has 0 N–H and O–H groups in total. The van der Waals surface area contributed by atoms with Crippen molar-refractivity contribution in [2.24, 2.45) is 0 Å². The first-order valence-corrected chi connectivity index (χ1v) is 4.54. The highest BCUT2D eigenvalue weighted by Crippen LogP contribution is 2.05. The summed E-state index contributed by atoms with van der Waals surface area (Å²) in [6.45, 7) is 4.03. The van der Waals surface area contributed by atoms with Crippen LogP contribution in [0, 0.1) is 6.20 Å². The van der Waals surface area contributed by atoms with Gasteiger partial charge in [0.25, 0.3) is 0 Å². The van der Waals surface area contributed by atoms with Gasteiger partial charge in [0.1, 0.15) is 11.7 Å². The lowest BCUT2D eigenvalue weighted by molar-refractivity contribution is 0.137. The van der Waals surface area contributed by atoms with Crippen LogP contribution in [0.15, 0.2) is 12.4 Å². The molecule has 2 aromatic rings. The van der Waals surface area contributed by atoms with Crippen LogP contribution in [0.3, 0.4) is 0 Å². The van der Waals surface area contributed by atoms with Gasteiger partial charge in [0.2, 0.25) is 0 Å². The van der Waals surface area contributed by atoms with Crippen molar-refractivity contribution in [3.63, 3.8) is 0 Å². The van der Waals surface area contributed by atoms with Crippen molar-refractivity contribution in [2.45, 2.75) is 13.5 Å². The molecule has 14 heavy (non-hydrogen) atoms. The number of hydrogen-bond donors (Lipinski definition) is 0. The summed E-state index contributed by atoms with van der Waals surface area (Å²) < 4.78 is 7.01. The molecule has 0 bridgehead atoms. The molecule has 5 nitrogen and oxygen atoms in total. The molecule has 0 atom stereocenters. The van der Waals surface area contributed by atoms with Gasteiger partial charge in [0.15, 0.2) is 5.65 Å². The topological polar surface area (TPSA) is 52.8 Å². The molecule has 5 heteroatoms. The van der Waals surface area contributed by atoms with E-state index in [1.807, 2.05) is 6.92 Å². The molecule has 0 aromatic carbocycles. The Morgan fingerprint density at radius 2 is 2.50 bits per heavy atom. The fourth-order valence-corrected chi connectivity index (χ4v) is 1.22. The van der Waals surface area contributed by atoms with Gasteiger partial charge in [-0.25, -0.2) is 14.6 Å². The van der Waals surface area contributed by atoms with Crippen molar-refractivity contribution in [1.82, 2.24) is 19.7 Å². The minimum absolute atomic E-state index is 0.643. The van der Waals surface area contributed by atoms with E-state index in [0.29, 0.717) is 13.2 Å². The molecule has 0 spiro atoms. The molecule has 2 rings (SSSR count). The quantitative estimate of drug-likeness (QED) is 0.666. The van der Waals surface area contributed by atoms with Gasteiger partial charge in [-0.05, 0) is 6.92 Å². The van der Waals surface area contributed by atoms with E-state index in [2.05, 4.69) is 21.3 Å². The molecule has 0 unspecified atom stereocenters. The number of fused-ring (bicyclic) bond motifs is 1. The molecule has 0 saturated carbocycles. The van der Waals surface area contributed by atoms with Gasteiger partial charge in [0, 0.05) is 6.61 Å². The van der Waals surface area contributed by atoms with Gasteiger partial charge in [-0.2, -0.15) is 5.10 Å². The molecule has 0 saturated heterocycles. The average molecular weight is 191 g/mol.